The van der Waals surface area contributed by atoms with Gasteiger partial charge in [-0.25, -0.2) is 9.82 Å². The number of hydrogen-bond donors (Lipinski definition) is 2. The van der Waals surface area contributed by atoms with Gasteiger partial charge in [0.25, 0.3) is 0 Å². The van der Waals surface area contributed by atoms with Gasteiger partial charge in [0.1, 0.15) is 5.82 Å². The van der Waals surface area contributed by atoms with Crippen molar-refractivity contribution in [3.05, 3.63) is 46.8 Å². The van der Waals surface area contributed by atoms with Gasteiger partial charge in [0.2, 0.25) is 0 Å². The first-order valence-corrected chi connectivity index (χ1v) is 4.50. The molecule has 1 unspecified atom stereocenters. The molecular weight excluding hydrogens is 203 g/mol. The van der Waals surface area contributed by atoms with Crippen molar-refractivity contribution in [1.82, 2.24) is 5.43 Å². The second-order valence-corrected chi connectivity index (χ2v) is 3.55. The van der Waals surface area contributed by atoms with Crippen molar-refractivity contribution >= 4 is 11.6 Å². The van der Waals surface area contributed by atoms with Crippen molar-refractivity contribution in [2.75, 3.05) is 0 Å². The van der Waals surface area contributed by atoms with Crippen LogP contribution >= 0.6 is 11.6 Å². The van der Waals surface area contributed by atoms with Crippen LogP contribution in [0.15, 0.2) is 30.4 Å². The number of hydrogen-bond acceptors (Lipinski definition) is 2. The van der Waals surface area contributed by atoms with Crippen molar-refractivity contribution in [3.8, 4) is 0 Å². The Labute approximate surface area is 87.5 Å². The van der Waals surface area contributed by atoms with Crippen LogP contribution in [0.2, 0.25) is 5.02 Å². The summed E-state index contributed by atoms with van der Waals surface area (Å²) in [5, 5.41) is 0.475. The number of rotatable bonds is 3. The topological polar surface area (TPSA) is 38.0 Å². The smallest absolute Gasteiger partial charge is 0.128 e. The van der Waals surface area contributed by atoms with E-state index in [4.69, 9.17) is 17.4 Å². The van der Waals surface area contributed by atoms with Gasteiger partial charge >= 0.3 is 0 Å². The van der Waals surface area contributed by atoms with Gasteiger partial charge < -0.3 is 0 Å². The lowest BCUT2D eigenvalue weighted by Crippen LogP contribution is -2.29. The maximum absolute atomic E-state index is 13.4. The second kappa shape index (κ2) is 4.55. The molecule has 3 N–H and O–H groups in total. The van der Waals surface area contributed by atoms with Crippen LogP contribution in [0.3, 0.4) is 0 Å². The Hall–Kier alpha value is -0.900. The highest BCUT2D eigenvalue weighted by molar-refractivity contribution is 6.30. The fourth-order valence-electron chi connectivity index (χ4n) is 1.23. The van der Waals surface area contributed by atoms with E-state index >= 15 is 0 Å². The van der Waals surface area contributed by atoms with Crippen molar-refractivity contribution < 1.29 is 4.39 Å². The molecule has 0 amide bonds. The third-order valence-electron chi connectivity index (χ3n) is 1.93. The van der Waals surface area contributed by atoms with Crippen LogP contribution in [-0.4, -0.2) is 0 Å². The largest absolute Gasteiger partial charge is 0.271 e. The van der Waals surface area contributed by atoms with E-state index < -0.39 is 6.04 Å². The molecule has 14 heavy (non-hydrogen) atoms. The lowest BCUT2D eigenvalue weighted by Gasteiger charge is -2.17. The van der Waals surface area contributed by atoms with E-state index in [9.17, 15) is 4.39 Å². The third-order valence-corrected chi connectivity index (χ3v) is 2.16. The molecule has 0 fully saturated rings. The monoisotopic (exact) mass is 214 g/mol. The Morgan fingerprint density at radius 2 is 2.29 bits per heavy atom. The quantitative estimate of drug-likeness (QED) is 0.461. The summed E-state index contributed by atoms with van der Waals surface area (Å²) in [6.07, 6.45) is 0. The zero-order valence-electron chi connectivity index (χ0n) is 7.85. The summed E-state index contributed by atoms with van der Waals surface area (Å²) in [4.78, 5) is 0. The molecule has 1 rings (SSSR count). The Morgan fingerprint density at radius 3 is 2.79 bits per heavy atom. The average Bonchev–Trinajstić information content (AvgIpc) is 2.11. The zero-order valence-corrected chi connectivity index (χ0v) is 8.61. The van der Waals surface area contributed by atoms with Crippen LogP contribution in [0.1, 0.15) is 18.5 Å². The minimum atomic E-state index is -0.409. The predicted octanol–water partition coefficient (Wildman–Crippen LogP) is 2.56. The molecule has 1 atom stereocenters. The Bertz CT molecular complexity index is 352. The highest BCUT2D eigenvalue weighted by atomic mass is 35.5. The van der Waals surface area contributed by atoms with Crippen molar-refractivity contribution in [2.24, 2.45) is 5.84 Å². The predicted molar refractivity (Wildman–Crippen MR) is 56.3 cm³/mol. The van der Waals surface area contributed by atoms with Gasteiger partial charge in [-0.15, -0.1) is 0 Å². The van der Waals surface area contributed by atoms with Crippen LogP contribution in [0.5, 0.6) is 0 Å². The molecule has 0 radical (unpaired) electrons. The maximum Gasteiger partial charge on any atom is 0.128 e. The first-order valence-electron chi connectivity index (χ1n) is 4.12. The van der Waals surface area contributed by atoms with Crippen LogP contribution in [0.25, 0.3) is 0 Å². The fourth-order valence-corrected chi connectivity index (χ4v) is 1.41. The highest BCUT2D eigenvalue weighted by Crippen LogP contribution is 2.24. The number of hydrazine groups is 1. The lowest BCUT2D eigenvalue weighted by molar-refractivity contribution is 0.556. The van der Waals surface area contributed by atoms with E-state index in [0.717, 1.165) is 5.57 Å². The van der Waals surface area contributed by atoms with E-state index in [-0.39, 0.29) is 5.82 Å². The van der Waals surface area contributed by atoms with Crippen LogP contribution in [0, 0.1) is 5.82 Å². The molecule has 0 saturated carbocycles. The molecule has 1 aromatic rings. The molecule has 1 aromatic carbocycles. The Morgan fingerprint density at radius 1 is 1.64 bits per heavy atom. The van der Waals surface area contributed by atoms with Crippen LogP contribution in [0.4, 0.5) is 4.39 Å². The van der Waals surface area contributed by atoms with Gasteiger partial charge in [0.05, 0.1) is 6.04 Å². The molecular formula is C10H12ClFN2. The van der Waals surface area contributed by atoms with Gasteiger partial charge in [-0.2, -0.15) is 0 Å². The average molecular weight is 215 g/mol. The summed E-state index contributed by atoms with van der Waals surface area (Å²) in [5.41, 5.74) is 3.63. The van der Waals surface area contributed by atoms with Crippen molar-refractivity contribution in [3.63, 3.8) is 0 Å². The van der Waals surface area contributed by atoms with E-state index in [2.05, 4.69) is 12.0 Å². The number of nitrogens with two attached hydrogens (primary N) is 1. The van der Waals surface area contributed by atoms with E-state index in [1.807, 2.05) is 0 Å². The number of nitrogens with one attached hydrogen (secondary N) is 1. The molecule has 0 bridgehead atoms. The summed E-state index contributed by atoms with van der Waals surface area (Å²) in [6, 6.07) is 3.93. The third kappa shape index (κ3) is 2.32. The Kier molecular flexibility index (Phi) is 3.63. The van der Waals surface area contributed by atoms with Gasteiger partial charge in [-0.1, -0.05) is 23.8 Å². The van der Waals surface area contributed by atoms with Gasteiger partial charge in [-0.05, 0) is 25.1 Å². The molecule has 0 aliphatic carbocycles. The fraction of sp³-hybridized carbons (Fsp3) is 0.200. The molecule has 4 heteroatoms. The summed E-state index contributed by atoms with van der Waals surface area (Å²) >= 11 is 5.76. The van der Waals surface area contributed by atoms with Gasteiger partial charge in [0.15, 0.2) is 0 Å². The maximum atomic E-state index is 13.4. The van der Waals surface area contributed by atoms with E-state index in [1.165, 1.54) is 18.2 Å². The minimum Gasteiger partial charge on any atom is -0.271 e. The molecule has 0 saturated heterocycles. The summed E-state index contributed by atoms with van der Waals surface area (Å²) in [7, 11) is 0. The summed E-state index contributed by atoms with van der Waals surface area (Å²) in [6.45, 7) is 5.49. The molecule has 76 valence electrons. The summed E-state index contributed by atoms with van der Waals surface area (Å²) in [5.74, 6) is 4.96. The van der Waals surface area contributed by atoms with Gasteiger partial charge in [0, 0.05) is 10.6 Å². The molecule has 0 aliphatic rings. The van der Waals surface area contributed by atoms with Crippen molar-refractivity contribution in [1.29, 1.82) is 0 Å². The molecule has 0 spiro atoms. The highest BCUT2D eigenvalue weighted by Gasteiger charge is 2.14. The minimum absolute atomic E-state index is 0.347. The normalized spacial score (nSPS) is 12.6. The van der Waals surface area contributed by atoms with Crippen molar-refractivity contribution in [2.45, 2.75) is 13.0 Å². The molecule has 0 heterocycles. The molecule has 0 aromatic heterocycles. The molecule has 2 nitrogen and oxygen atoms in total. The first kappa shape index (κ1) is 11.2. The zero-order chi connectivity index (χ0) is 10.7. The standard InChI is InChI=1S/C10H12ClFN2/c1-6(2)10(14-13)8-5-7(11)3-4-9(8)12/h3-5,10,14H,1,13H2,2H3. The second-order valence-electron chi connectivity index (χ2n) is 3.11. The summed E-state index contributed by atoms with van der Waals surface area (Å²) < 4.78 is 13.4. The first-order chi connectivity index (χ1) is 6.56. The van der Waals surface area contributed by atoms with Crippen LogP contribution in [-0.2, 0) is 0 Å². The molecule has 0 aliphatic heterocycles. The van der Waals surface area contributed by atoms with Crippen LogP contribution < -0.4 is 11.3 Å². The lowest BCUT2D eigenvalue weighted by atomic mass is 10.0. The number of benzene rings is 1. The Balaban J connectivity index is 3.15. The van der Waals surface area contributed by atoms with E-state index in [1.54, 1.807) is 6.92 Å². The van der Waals surface area contributed by atoms with E-state index in [0.29, 0.717) is 10.6 Å². The van der Waals surface area contributed by atoms with Gasteiger partial charge in [-0.3, -0.25) is 5.84 Å². The SMILES string of the molecule is C=C(C)C(NN)c1cc(Cl)ccc1F. The number of halogens is 2.